The van der Waals surface area contributed by atoms with Crippen molar-refractivity contribution in [2.24, 2.45) is 0 Å². The number of carbonyl (C=O) groups is 2. The van der Waals surface area contributed by atoms with Crippen molar-refractivity contribution in [2.75, 3.05) is 5.32 Å². The van der Waals surface area contributed by atoms with Gasteiger partial charge < -0.3 is 10.1 Å². The Kier molecular flexibility index (Phi) is 6.67. The van der Waals surface area contributed by atoms with E-state index in [1.807, 2.05) is 0 Å². The largest absolute Gasteiger partial charge is 0.452 e. The minimum absolute atomic E-state index is 0.0341. The van der Waals surface area contributed by atoms with E-state index in [0.717, 1.165) is 12.1 Å². The lowest BCUT2D eigenvalue weighted by molar-refractivity contribution is -0.152. The molecular formula is C17H13Cl2F3N2O3. The van der Waals surface area contributed by atoms with Gasteiger partial charge in [-0.3, -0.25) is 9.59 Å². The van der Waals surface area contributed by atoms with Crippen LogP contribution in [0.1, 0.15) is 18.1 Å². The Labute approximate surface area is 162 Å². The third kappa shape index (κ3) is 6.11. The third-order valence-electron chi connectivity index (χ3n) is 3.33. The molecule has 0 aliphatic rings. The molecule has 10 heteroatoms. The van der Waals surface area contributed by atoms with Crippen molar-refractivity contribution < 1.29 is 27.5 Å². The molecule has 0 aliphatic carbocycles. The first-order valence-electron chi connectivity index (χ1n) is 7.54. The molecule has 2 aromatic rings. The number of pyridine rings is 1. The van der Waals surface area contributed by atoms with Crippen LogP contribution < -0.4 is 5.32 Å². The Bertz CT molecular complexity index is 860. The van der Waals surface area contributed by atoms with Crippen LogP contribution in [-0.4, -0.2) is 23.0 Å². The van der Waals surface area contributed by atoms with Crippen molar-refractivity contribution in [1.82, 2.24) is 4.98 Å². The number of hydrogen-bond acceptors (Lipinski definition) is 4. The normalized spacial score (nSPS) is 12.4. The predicted molar refractivity (Wildman–Crippen MR) is 93.6 cm³/mol. The number of halogens is 5. The highest BCUT2D eigenvalue weighted by Crippen LogP contribution is 2.29. The van der Waals surface area contributed by atoms with Gasteiger partial charge in [0.15, 0.2) is 11.9 Å². The highest BCUT2D eigenvalue weighted by molar-refractivity contribution is 6.36. The number of benzene rings is 1. The fraction of sp³-hybridized carbons (Fsp3) is 0.235. The van der Waals surface area contributed by atoms with Crippen molar-refractivity contribution in [2.45, 2.75) is 25.6 Å². The van der Waals surface area contributed by atoms with Gasteiger partial charge in [-0.25, -0.2) is 4.98 Å². The van der Waals surface area contributed by atoms with Crippen LogP contribution in [-0.2, 0) is 26.9 Å². The van der Waals surface area contributed by atoms with Crippen molar-refractivity contribution in [1.29, 1.82) is 0 Å². The molecule has 0 saturated carbocycles. The fourth-order valence-corrected chi connectivity index (χ4v) is 2.47. The molecule has 1 aromatic heterocycles. The smallest absolute Gasteiger partial charge is 0.416 e. The van der Waals surface area contributed by atoms with Crippen molar-refractivity contribution in [3.05, 3.63) is 57.7 Å². The zero-order chi connectivity index (χ0) is 20.2. The molecule has 5 nitrogen and oxygen atoms in total. The molecule has 0 fully saturated rings. The molecule has 0 bridgehead atoms. The van der Waals surface area contributed by atoms with Gasteiger partial charge in [-0.05, 0) is 24.6 Å². The lowest BCUT2D eigenvalue weighted by Crippen LogP contribution is -2.30. The van der Waals surface area contributed by atoms with Crippen LogP contribution in [0, 0.1) is 0 Å². The molecule has 144 valence electrons. The summed E-state index contributed by atoms with van der Waals surface area (Å²) < 4.78 is 43.0. The number of anilines is 1. The molecular weight excluding hydrogens is 408 g/mol. The highest BCUT2D eigenvalue weighted by atomic mass is 35.5. The van der Waals surface area contributed by atoms with Gasteiger partial charge in [0.05, 0.1) is 22.0 Å². The first-order valence-corrected chi connectivity index (χ1v) is 8.29. The molecule has 1 N–H and O–H groups in total. The number of carbonyl (C=O) groups excluding carboxylic acids is 2. The molecule has 1 heterocycles. The maximum Gasteiger partial charge on any atom is 0.416 e. The Hall–Kier alpha value is -2.32. The molecule has 2 rings (SSSR count). The number of hydrogen-bond donors (Lipinski definition) is 1. The Morgan fingerprint density at radius 3 is 2.59 bits per heavy atom. The van der Waals surface area contributed by atoms with Crippen molar-refractivity contribution >= 4 is 40.9 Å². The van der Waals surface area contributed by atoms with Crippen LogP contribution in [0.4, 0.5) is 19.0 Å². The van der Waals surface area contributed by atoms with Gasteiger partial charge in [-0.2, -0.15) is 13.2 Å². The summed E-state index contributed by atoms with van der Waals surface area (Å²) in [6, 6.07) is 5.67. The second-order valence-corrected chi connectivity index (χ2v) is 6.32. The molecule has 1 amide bonds. The van der Waals surface area contributed by atoms with E-state index in [1.165, 1.54) is 31.3 Å². The summed E-state index contributed by atoms with van der Waals surface area (Å²) in [5.74, 6) is -1.52. The van der Waals surface area contributed by atoms with Gasteiger partial charge in [0.1, 0.15) is 0 Å². The summed E-state index contributed by atoms with van der Waals surface area (Å²) in [7, 11) is 0. The van der Waals surface area contributed by atoms with E-state index in [9.17, 15) is 22.8 Å². The van der Waals surface area contributed by atoms with E-state index in [-0.39, 0.29) is 21.4 Å². The molecule has 1 atom stereocenters. The van der Waals surface area contributed by atoms with E-state index in [2.05, 4.69) is 10.3 Å². The van der Waals surface area contributed by atoms with Gasteiger partial charge in [0.2, 0.25) is 0 Å². The predicted octanol–water partition coefficient (Wildman–Crippen LogP) is 4.52. The van der Waals surface area contributed by atoms with E-state index in [1.54, 1.807) is 0 Å². The number of aromatic nitrogens is 1. The van der Waals surface area contributed by atoms with Crippen LogP contribution in [0.5, 0.6) is 0 Å². The zero-order valence-corrected chi connectivity index (χ0v) is 15.3. The number of rotatable bonds is 5. The zero-order valence-electron chi connectivity index (χ0n) is 13.8. The number of esters is 1. The topological polar surface area (TPSA) is 68.3 Å². The van der Waals surface area contributed by atoms with E-state index >= 15 is 0 Å². The summed E-state index contributed by atoms with van der Waals surface area (Å²) in [6.07, 6.45) is -4.87. The summed E-state index contributed by atoms with van der Waals surface area (Å²) in [5, 5.41) is 2.74. The quantitative estimate of drug-likeness (QED) is 0.721. The second-order valence-electron chi connectivity index (χ2n) is 5.48. The summed E-state index contributed by atoms with van der Waals surface area (Å²) in [4.78, 5) is 27.8. The number of nitrogens with zero attached hydrogens (tertiary/aromatic N) is 1. The van der Waals surface area contributed by atoms with Gasteiger partial charge in [-0.15, -0.1) is 0 Å². The molecule has 27 heavy (non-hydrogen) atoms. The average Bonchev–Trinajstić information content (AvgIpc) is 2.56. The number of ether oxygens (including phenoxy) is 1. The molecule has 0 saturated heterocycles. The maximum atomic E-state index is 12.7. The summed E-state index contributed by atoms with van der Waals surface area (Å²) in [5.41, 5.74) is -0.758. The third-order valence-corrected chi connectivity index (χ3v) is 3.82. The first kappa shape index (κ1) is 21.0. The monoisotopic (exact) mass is 420 g/mol. The van der Waals surface area contributed by atoms with Crippen LogP contribution in [0.2, 0.25) is 10.0 Å². The van der Waals surface area contributed by atoms with Gasteiger partial charge in [-0.1, -0.05) is 41.4 Å². The van der Waals surface area contributed by atoms with E-state index < -0.39 is 36.1 Å². The summed E-state index contributed by atoms with van der Waals surface area (Å²) in [6.45, 7) is 1.31. The van der Waals surface area contributed by atoms with E-state index in [0.29, 0.717) is 0 Å². The minimum Gasteiger partial charge on any atom is -0.452 e. The fourth-order valence-electron chi connectivity index (χ4n) is 2.04. The van der Waals surface area contributed by atoms with Gasteiger partial charge >= 0.3 is 12.1 Å². The SMILES string of the molecule is C[C@@H](OC(=O)Cc1cccc(C(F)(F)F)c1)C(=O)Nc1ncc(Cl)cc1Cl. The van der Waals surface area contributed by atoms with Crippen molar-refractivity contribution in [3.8, 4) is 0 Å². The maximum absolute atomic E-state index is 12.7. The Morgan fingerprint density at radius 2 is 1.96 bits per heavy atom. The Balaban J connectivity index is 1.96. The number of alkyl halides is 3. The van der Waals surface area contributed by atoms with Crippen LogP contribution in [0.15, 0.2) is 36.5 Å². The van der Waals surface area contributed by atoms with E-state index in [4.69, 9.17) is 27.9 Å². The van der Waals surface area contributed by atoms with Crippen LogP contribution in [0.3, 0.4) is 0 Å². The minimum atomic E-state index is -4.52. The molecule has 1 aromatic carbocycles. The van der Waals surface area contributed by atoms with Crippen LogP contribution >= 0.6 is 23.2 Å². The molecule has 0 radical (unpaired) electrons. The lowest BCUT2D eigenvalue weighted by atomic mass is 10.1. The second kappa shape index (κ2) is 8.58. The highest BCUT2D eigenvalue weighted by Gasteiger charge is 2.30. The van der Waals surface area contributed by atoms with Crippen molar-refractivity contribution in [3.63, 3.8) is 0 Å². The molecule has 0 aliphatic heterocycles. The summed E-state index contributed by atoms with van der Waals surface area (Å²) >= 11 is 11.6. The van der Waals surface area contributed by atoms with Gasteiger partial charge in [0, 0.05) is 6.20 Å². The lowest BCUT2D eigenvalue weighted by Gasteiger charge is -2.14. The molecule has 0 unspecified atom stereocenters. The number of amides is 1. The average molecular weight is 421 g/mol. The van der Waals surface area contributed by atoms with Crippen LogP contribution in [0.25, 0.3) is 0 Å². The van der Waals surface area contributed by atoms with Gasteiger partial charge in [0.25, 0.3) is 5.91 Å². The Morgan fingerprint density at radius 1 is 1.26 bits per heavy atom. The number of nitrogens with one attached hydrogen (secondary N) is 1. The molecule has 0 spiro atoms. The first-order chi connectivity index (χ1) is 12.6. The standard InChI is InChI=1S/C17H13Cl2F3N2O3/c1-9(16(26)24-15-13(19)7-12(18)8-23-15)27-14(25)6-10-3-2-4-11(5-10)17(20,21)22/h2-5,7-9H,6H2,1H3,(H,23,24,26)/t9-/m1/s1.